The monoisotopic (exact) mass is 678 g/mol. The molecule has 2 aliphatic heterocycles. The molecule has 0 saturated carbocycles. The van der Waals surface area contributed by atoms with Crippen molar-refractivity contribution in [2.45, 2.75) is 108 Å². The van der Waals surface area contributed by atoms with Crippen molar-refractivity contribution in [1.29, 1.82) is 0 Å². The summed E-state index contributed by atoms with van der Waals surface area (Å²) in [5, 5.41) is 6.17. The van der Waals surface area contributed by atoms with Crippen molar-refractivity contribution in [2.75, 3.05) is 26.7 Å². The van der Waals surface area contributed by atoms with Crippen molar-refractivity contribution in [3.8, 4) is 0 Å². The molecular weight excluding hydrogens is 634 g/mol. The minimum absolute atomic E-state index is 0.0113. The fourth-order valence-corrected chi connectivity index (χ4v) is 6.46. The molecule has 3 unspecified atom stereocenters. The first kappa shape index (κ1) is 38.1. The molecule has 47 heavy (non-hydrogen) atoms. The highest BCUT2D eigenvalue weighted by Crippen LogP contribution is 2.46. The van der Waals surface area contributed by atoms with Crippen molar-refractivity contribution in [2.24, 2.45) is 5.92 Å². The standard InChI is InChI=1S/C32H44F6N4O5/c1-20-10-12-21(13-11-20)23-18-22-14-15-26(42(22)2)24(23)19-47-28(44)25(8-5-7-17-40-30(46)32(36,37)38)41-27(43)9-4-3-6-16-39-29(45)31(33,34)35/h10-13,22-26H,3-9,14-19H2,1-2H3,(H,39,45)(H,40,46)(H,41,43)/t22-,23-,24?,25?,26?/m1/s1. The number of halogens is 6. The van der Waals surface area contributed by atoms with Crippen LogP contribution < -0.4 is 16.0 Å². The first-order valence-electron chi connectivity index (χ1n) is 16.0. The normalized spacial score (nSPS) is 22.0. The maximum atomic E-state index is 13.4. The molecule has 0 aromatic heterocycles. The minimum Gasteiger partial charge on any atom is -0.464 e. The summed E-state index contributed by atoms with van der Waals surface area (Å²) in [7, 11) is 2.08. The molecule has 15 heteroatoms. The molecule has 1 aromatic rings. The molecule has 2 fully saturated rings. The summed E-state index contributed by atoms with van der Waals surface area (Å²) in [5.41, 5.74) is 2.31. The summed E-state index contributed by atoms with van der Waals surface area (Å²) < 4.78 is 80.1. The van der Waals surface area contributed by atoms with E-state index in [9.17, 15) is 45.5 Å². The van der Waals surface area contributed by atoms with Crippen LogP contribution in [0, 0.1) is 12.8 Å². The van der Waals surface area contributed by atoms with Gasteiger partial charge in [0.25, 0.3) is 0 Å². The number of ether oxygens (including phenoxy) is 1. The maximum Gasteiger partial charge on any atom is 0.471 e. The quantitative estimate of drug-likeness (QED) is 0.133. The van der Waals surface area contributed by atoms with Crippen molar-refractivity contribution in [3.63, 3.8) is 0 Å². The Bertz CT molecular complexity index is 1210. The number of rotatable bonds is 16. The molecule has 3 N–H and O–H groups in total. The summed E-state index contributed by atoms with van der Waals surface area (Å²) in [6.45, 7) is 1.66. The molecule has 3 rings (SSSR count). The molecule has 1 aromatic carbocycles. The van der Waals surface area contributed by atoms with Crippen molar-refractivity contribution in [3.05, 3.63) is 35.4 Å². The second kappa shape index (κ2) is 17.2. The number of fused-ring (bicyclic) bond motifs is 2. The van der Waals surface area contributed by atoms with Gasteiger partial charge in [0.05, 0.1) is 6.61 Å². The molecule has 0 radical (unpaired) electrons. The Balaban J connectivity index is 1.57. The Kier molecular flexibility index (Phi) is 13.9. The van der Waals surface area contributed by atoms with Crippen LogP contribution in [-0.4, -0.2) is 85.8 Å². The lowest BCUT2D eigenvalue weighted by molar-refractivity contribution is -0.173. The number of unbranched alkanes of at least 4 members (excludes halogenated alkanes) is 3. The number of carbonyl (C=O) groups excluding carboxylic acids is 4. The van der Waals surface area contributed by atoms with Gasteiger partial charge < -0.3 is 25.6 Å². The number of alkyl halides is 6. The summed E-state index contributed by atoms with van der Waals surface area (Å²) in [6.07, 6.45) is -5.84. The smallest absolute Gasteiger partial charge is 0.464 e. The Labute approximate surface area is 270 Å². The van der Waals surface area contributed by atoms with Gasteiger partial charge in [-0.1, -0.05) is 36.2 Å². The van der Waals surface area contributed by atoms with Gasteiger partial charge in [-0.15, -0.1) is 0 Å². The van der Waals surface area contributed by atoms with Gasteiger partial charge in [-0.25, -0.2) is 4.79 Å². The van der Waals surface area contributed by atoms with E-state index in [1.54, 1.807) is 10.6 Å². The van der Waals surface area contributed by atoms with Crippen molar-refractivity contribution < 1.29 is 50.3 Å². The van der Waals surface area contributed by atoms with Gasteiger partial charge in [-0.05, 0) is 76.8 Å². The zero-order valence-corrected chi connectivity index (χ0v) is 26.6. The van der Waals surface area contributed by atoms with Crippen LogP contribution in [-0.2, 0) is 23.9 Å². The maximum absolute atomic E-state index is 13.4. The third-order valence-corrected chi connectivity index (χ3v) is 9.06. The van der Waals surface area contributed by atoms with Crippen molar-refractivity contribution >= 4 is 23.7 Å². The highest BCUT2D eigenvalue weighted by molar-refractivity contribution is 5.84. The summed E-state index contributed by atoms with van der Waals surface area (Å²) >= 11 is 0. The number of nitrogens with one attached hydrogen (secondary N) is 3. The SMILES string of the molecule is Cc1ccc([C@H]2C[C@H]3CCC(C2COC(=O)C(CCCCNC(=O)C(F)(F)F)NC(=O)CCCCCNC(=O)C(F)(F)F)N3C)cc1. The number of carbonyl (C=O) groups is 4. The van der Waals surface area contributed by atoms with Gasteiger partial charge >= 0.3 is 30.1 Å². The predicted molar refractivity (Wildman–Crippen MR) is 160 cm³/mol. The highest BCUT2D eigenvalue weighted by Gasteiger charge is 2.46. The Morgan fingerprint density at radius 3 is 2.06 bits per heavy atom. The minimum atomic E-state index is -5.01. The lowest BCUT2D eigenvalue weighted by Crippen LogP contribution is -2.48. The lowest BCUT2D eigenvalue weighted by Gasteiger charge is -2.43. The molecule has 2 aliphatic rings. The largest absolute Gasteiger partial charge is 0.471 e. The van der Waals surface area contributed by atoms with Crippen LogP contribution in [0.5, 0.6) is 0 Å². The fourth-order valence-electron chi connectivity index (χ4n) is 6.46. The van der Waals surface area contributed by atoms with Crippen LogP contribution in [0.4, 0.5) is 26.3 Å². The fraction of sp³-hybridized carbons (Fsp3) is 0.688. The van der Waals surface area contributed by atoms with E-state index < -0.39 is 42.1 Å². The van der Waals surface area contributed by atoms with Gasteiger partial charge in [0.1, 0.15) is 6.04 Å². The highest BCUT2D eigenvalue weighted by atomic mass is 19.4. The van der Waals surface area contributed by atoms with E-state index in [-0.39, 0.29) is 76.1 Å². The van der Waals surface area contributed by atoms with Gasteiger partial charge in [0.2, 0.25) is 5.91 Å². The third kappa shape index (κ3) is 11.7. The Morgan fingerprint density at radius 1 is 0.872 bits per heavy atom. The predicted octanol–water partition coefficient (Wildman–Crippen LogP) is 4.68. The number of benzene rings is 1. The van der Waals surface area contributed by atoms with Crippen LogP contribution in [0.3, 0.4) is 0 Å². The number of amides is 3. The molecular formula is C32H44F6N4O5. The molecule has 0 spiro atoms. The van der Waals surface area contributed by atoms with Gasteiger partial charge in [0.15, 0.2) is 0 Å². The Hall–Kier alpha value is -3.36. The first-order chi connectivity index (χ1) is 22.1. The van der Waals surface area contributed by atoms with E-state index in [4.69, 9.17) is 4.74 Å². The molecule has 264 valence electrons. The average Bonchev–Trinajstić information content (AvgIpc) is 3.23. The van der Waals surface area contributed by atoms with Crippen LogP contribution >= 0.6 is 0 Å². The number of esters is 1. The first-order valence-corrected chi connectivity index (χ1v) is 16.0. The molecule has 9 nitrogen and oxygen atoms in total. The molecule has 0 aliphatic carbocycles. The van der Waals surface area contributed by atoms with Gasteiger partial charge in [-0.3, -0.25) is 14.4 Å². The van der Waals surface area contributed by atoms with E-state index in [0.29, 0.717) is 12.5 Å². The summed E-state index contributed by atoms with van der Waals surface area (Å²) in [5.74, 6) is -5.08. The van der Waals surface area contributed by atoms with Gasteiger partial charge in [0, 0.05) is 37.5 Å². The average molecular weight is 679 g/mol. The Morgan fingerprint density at radius 2 is 1.47 bits per heavy atom. The van der Waals surface area contributed by atoms with Crippen LogP contribution in [0.1, 0.15) is 81.3 Å². The summed E-state index contributed by atoms with van der Waals surface area (Å²) in [6, 6.07) is 7.87. The van der Waals surface area contributed by atoms with Gasteiger partial charge in [-0.2, -0.15) is 26.3 Å². The molecule has 2 heterocycles. The number of aryl methyl sites for hydroxylation is 1. The number of nitrogens with zero attached hydrogens (tertiary/aromatic N) is 1. The van der Waals surface area contributed by atoms with Crippen LogP contribution in [0.25, 0.3) is 0 Å². The van der Waals surface area contributed by atoms with Crippen LogP contribution in [0.2, 0.25) is 0 Å². The number of hydrogen-bond acceptors (Lipinski definition) is 6. The third-order valence-electron chi connectivity index (χ3n) is 9.06. The second-order valence-electron chi connectivity index (χ2n) is 12.4. The molecule has 3 amide bonds. The lowest BCUT2D eigenvalue weighted by atomic mass is 9.76. The summed E-state index contributed by atoms with van der Waals surface area (Å²) in [4.78, 5) is 50.4. The molecule has 5 atom stereocenters. The number of piperidine rings is 1. The topological polar surface area (TPSA) is 117 Å². The molecule has 2 bridgehead atoms. The van der Waals surface area contributed by atoms with E-state index >= 15 is 0 Å². The van der Waals surface area contributed by atoms with Crippen molar-refractivity contribution in [1.82, 2.24) is 20.9 Å². The van der Waals surface area contributed by atoms with E-state index in [2.05, 4.69) is 41.5 Å². The van der Waals surface area contributed by atoms with E-state index in [0.717, 1.165) is 24.8 Å². The van der Waals surface area contributed by atoms with E-state index in [1.807, 2.05) is 6.92 Å². The zero-order chi connectivity index (χ0) is 34.8. The zero-order valence-electron chi connectivity index (χ0n) is 26.6. The second-order valence-corrected chi connectivity index (χ2v) is 12.4. The molecule has 2 saturated heterocycles. The van der Waals surface area contributed by atoms with E-state index in [1.165, 1.54) is 5.56 Å². The number of hydrogen-bond donors (Lipinski definition) is 3. The van der Waals surface area contributed by atoms with Crippen LogP contribution in [0.15, 0.2) is 24.3 Å².